The molecule has 2 fully saturated rings. The van der Waals surface area contributed by atoms with Crippen molar-refractivity contribution in [2.75, 3.05) is 23.3 Å². The number of piperidine rings is 2. The molecule has 132 valence electrons. The molecular weight excluding hydrogens is 327 g/mol. The molecule has 0 saturated carbocycles. The number of carbonyl (C=O) groups excluding carboxylic acids is 3. The summed E-state index contributed by atoms with van der Waals surface area (Å²) in [5.41, 5.74) is 0.985. The van der Waals surface area contributed by atoms with Gasteiger partial charge in [0.25, 0.3) is 0 Å². The highest BCUT2D eigenvalue weighted by molar-refractivity contribution is 6.01. The second kappa shape index (κ2) is 7.44. The third-order valence-electron chi connectivity index (χ3n) is 4.57. The van der Waals surface area contributed by atoms with Crippen LogP contribution in [0.4, 0.5) is 15.8 Å². The fourth-order valence-corrected chi connectivity index (χ4v) is 3.20. The molecule has 0 spiro atoms. The zero-order chi connectivity index (χ0) is 17.8. The largest absolute Gasteiger partial charge is 0.374 e. The molecule has 0 radical (unpaired) electrons. The van der Waals surface area contributed by atoms with Crippen LogP contribution >= 0.6 is 0 Å². The SMILES string of the molecule is O=C=NC1CCN(c2ccc(NC3CCC(=O)NC3=O)cc2F)CC1. The molecule has 25 heavy (non-hydrogen) atoms. The number of hydrogen-bond acceptors (Lipinski definition) is 6. The van der Waals surface area contributed by atoms with Crippen molar-refractivity contribution in [2.24, 2.45) is 4.99 Å². The second-order valence-corrected chi connectivity index (χ2v) is 6.25. The molecule has 8 heteroatoms. The number of aliphatic imine (C=N–C) groups is 1. The number of hydrogen-bond donors (Lipinski definition) is 2. The van der Waals surface area contributed by atoms with Gasteiger partial charge in [-0.2, -0.15) is 0 Å². The normalized spacial score (nSPS) is 21.5. The monoisotopic (exact) mass is 346 g/mol. The van der Waals surface area contributed by atoms with Gasteiger partial charge in [-0.25, -0.2) is 14.2 Å². The minimum Gasteiger partial charge on any atom is -0.374 e. The molecule has 1 aromatic rings. The maximum atomic E-state index is 14.5. The Kier molecular flexibility index (Phi) is 5.09. The van der Waals surface area contributed by atoms with Gasteiger partial charge in [0, 0.05) is 25.2 Å². The van der Waals surface area contributed by atoms with Crippen LogP contribution in [0, 0.1) is 5.82 Å². The molecule has 3 rings (SSSR count). The molecule has 2 saturated heterocycles. The Labute approximate surface area is 144 Å². The van der Waals surface area contributed by atoms with Gasteiger partial charge in [-0.15, -0.1) is 0 Å². The minimum atomic E-state index is -0.542. The molecular formula is C17H19FN4O3. The summed E-state index contributed by atoms with van der Waals surface area (Å²) in [4.78, 5) is 38.9. The number of amides is 2. The van der Waals surface area contributed by atoms with Crippen LogP contribution in [0.3, 0.4) is 0 Å². The molecule has 2 aliphatic heterocycles. The molecule has 2 heterocycles. The summed E-state index contributed by atoms with van der Waals surface area (Å²) in [6.45, 7) is 1.24. The number of nitrogens with zero attached hydrogens (tertiary/aromatic N) is 2. The molecule has 1 aromatic carbocycles. The average Bonchev–Trinajstić information content (AvgIpc) is 2.59. The molecule has 0 aromatic heterocycles. The first-order valence-electron chi connectivity index (χ1n) is 8.28. The summed E-state index contributed by atoms with van der Waals surface area (Å²) in [6.07, 6.45) is 3.60. The van der Waals surface area contributed by atoms with Gasteiger partial charge in [0.15, 0.2) is 0 Å². The van der Waals surface area contributed by atoms with Crippen molar-refractivity contribution >= 4 is 29.3 Å². The number of isocyanates is 1. The van der Waals surface area contributed by atoms with Crippen molar-refractivity contribution in [3.63, 3.8) is 0 Å². The van der Waals surface area contributed by atoms with E-state index in [9.17, 15) is 18.8 Å². The van der Waals surface area contributed by atoms with E-state index in [4.69, 9.17) is 0 Å². The van der Waals surface area contributed by atoms with E-state index in [1.807, 2.05) is 4.90 Å². The Morgan fingerprint density at radius 3 is 2.64 bits per heavy atom. The van der Waals surface area contributed by atoms with Gasteiger partial charge in [-0.3, -0.25) is 14.9 Å². The Balaban J connectivity index is 1.64. The first-order valence-corrected chi connectivity index (χ1v) is 8.28. The number of carbonyl (C=O) groups is 2. The predicted octanol–water partition coefficient (Wildman–Crippen LogP) is 1.35. The van der Waals surface area contributed by atoms with Crippen LogP contribution in [-0.4, -0.2) is 43.1 Å². The van der Waals surface area contributed by atoms with Crippen LogP contribution in [0.1, 0.15) is 25.7 Å². The smallest absolute Gasteiger partial charge is 0.249 e. The van der Waals surface area contributed by atoms with Crippen molar-refractivity contribution in [1.82, 2.24) is 5.32 Å². The number of anilines is 2. The van der Waals surface area contributed by atoms with E-state index in [-0.39, 0.29) is 24.2 Å². The zero-order valence-electron chi connectivity index (χ0n) is 13.6. The van der Waals surface area contributed by atoms with Gasteiger partial charge >= 0.3 is 0 Å². The summed E-state index contributed by atoms with van der Waals surface area (Å²) in [5.74, 6) is -1.06. The summed E-state index contributed by atoms with van der Waals surface area (Å²) in [7, 11) is 0. The Morgan fingerprint density at radius 1 is 1.24 bits per heavy atom. The van der Waals surface area contributed by atoms with Crippen LogP contribution < -0.4 is 15.5 Å². The number of nitrogens with one attached hydrogen (secondary N) is 2. The lowest BCUT2D eigenvalue weighted by molar-refractivity contribution is -0.133. The molecule has 0 bridgehead atoms. The van der Waals surface area contributed by atoms with E-state index in [1.54, 1.807) is 18.2 Å². The fraction of sp³-hybridized carbons (Fsp3) is 0.471. The van der Waals surface area contributed by atoms with E-state index < -0.39 is 11.9 Å². The first kappa shape index (κ1) is 17.1. The standard InChI is InChI=1S/C17H19FN4O3/c18-13-9-12(20-14-2-4-16(24)21-17(14)25)1-3-15(13)22-7-5-11(6-8-22)19-10-23/h1,3,9,11,14,20H,2,4-8H2,(H,21,24,25). The molecule has 2 N–H and O–H groups in total. The lowest BCUT2D eigenvalue weighted by Gasteiger charge is -2.32. The molecule has 7 nitrogen and oxygen atoms in total. The lowest BCUT2D eigenvalue weighted by atomic mass is 10.0. The summed E-state index contributed by atoms with van der Waals surface area (Å²) in [6, 6.07) is 4.17. The van der Waals surface area contributed by atoms with Crippen LogP contribution in [0.25, 0.3) is 0 Å². The van der Waals surface area contributed by atoms with Gasteiger partial charge in [-0.05, 0) is 37.5 Å². The molecule has 1 atom stereocenters. The summed E-state index contributed by atoms with van der Waals surface area (Å²) >= 11 is 0. The second-order valence-electron chi connectivity index (χ2n) is 6.25. The topological polar surface area (TPSA) is 90.9 Å². The van der Waals surface area contributed by atoms with Crippen LogP contribution in [-0.2, 0) is 14.4 Å². The van der Waals surface area contributed by atoms with Crippen molar-refractivity contribution in [3.8, 4) is 0 Å². The summed E-state index contributed by atoms with van der Waals surface area (Å²) < 4.78 is 14.5. The number of rotatable bonds is 4. The van der Waals surface area contributed by atoms with Crippen molar-refractivity contribution < 1.29 is 18.8 Å². The highest BCUT2D eigenvalue weighted by Crippen LogP contribution is 2.27. The first-order chi connectivity index (χ1) is 12.1. The van der Waals surface area contributed by atoms with E-state index in [0.717, 1.165) is 0 Å². The Bertz CT molecular complexity index is 725. The molecule has 2 aliphatic rings. The minimum absolute atomic E-state index is 0.0368. The van der Waals surface area contributed by atoms with E-state index in [0.29, 0.717) is 43.7 Å². The predicted molar refractivity (Wildman–Crippen MR) is 89.6 cm³/mol. The van der Waals surface area contributed by atoms with Gasteiger partial charge in [-0.1, -0.05) is 0 Å². The molecule has 2 amide bonds. The van der Waals surface area contributed by atoms with Crippen LogP contribution in [0.15, 0.2) is 23.2 Å². The fourth-order valence-electron chi connectivity index (χ4n) is 3.20. The number of imide groups is 1. The highest BCUT2D eigenvalue weighted by atomic mass is 19.1. The Morgan fingerprint density at radius 2 is 2.00 bits per heavy atom. The van der Waals surface area contributed by atoms with E-state index in [2.05, 4.69) is 15.6 Å². The lowest BCUT2D eigenvalue weighted by Crippen LogP contribution is -2.47. The molecule has 0 aliphatic carbocycles. The summed E-state index contributed by atoms with van der Waals surface area (Å²) in [5, 5.41) is 5.23. The maximum Gasteiger partial charge on any atom is 0.249 e. The number of benzene rings is 1. The number of halogens is 1. The molecule has 1 unspecified atom stereocenters. The van der Waals surface area contributed by atoms with Gasteiger partial charge < -0.3 is 10.2 Å². The zero-order valence-corrected chi connectivity index (χ0v) is 13.6. The van der Waals surface area contributed by atoms with Crippen molar-refractivity contribution in [2.45, 2.75) is 37.8 Å². The van der Waals surface area contributed by atoms with Crippen molar-refractivity contribution in [1.29, 1.82) is 0 Å². The highest BCUT2D eigenvalue weighted by Gasteiger charge is 2.27. The van der Waals surface area contributed by atoms with E-state index in [1.165, 1.54) is 6.07 Å². The van der Waals surface area contributed by atoms with Gasteiger partial charge in [0.05, 0.1) is 11.7 Å². The third kappa shape index (κ3) is 4.03. The quantitative estimate of drug-likeness (QED) is 0.488. The van der Waals surface area contributed by atoms with E-state index >= 15 is 0 Å². The van der Waals surface area contributed by atoms with Crippen LogP contribution in [0.5, 0.6) is 0 Å². The van der Waals surface area contributed by atoms with Crippen LogP contribution in [0.2, 0.25) is 0 Å². The third-order valence-corrected chi connectivity index (χ3v) is 4.57. The van der Waals surface area contributed by atoms with Gasteiger partial charge in [0.2, 0.25) is 17.9 Å². The van der Waals surface area contributed by atoms with Gasteiger partial charge in [0.1, 0.15) is 11.9 Å². The Hall–Kier alpha value is -2.73. The average molecular weight is 346 g/mol. The van der Waals surface area contributed by atoms with Crippen molar-refractivity contribution in [3.05, 3.63) is 24.0 Å². The maximum absolute atomic E-state index is 14.5.